The molecule has 108 valence electrons. The Bertz CT molecular complexity index is 867. The lowest BCUT2D eigenvalue weighted by Gasteiger charge is -2.13. The molecule has 6 nitrogen and oxygen atoms in total. The number of β-amino-alcohol motifs (C(OH)–C–C–N with tert-alkyl or cyclic N) is 1. The summed E-state index contributed by atoms with van der Waals surface area (Å²) in [5.41, 5.74) is 1.27. The molecule has 0 unspecified atom stereocenters. The zero-order chi connectivity index (χ0) is 14.4. The third-order valence-corrected chi connectivity index (χ3v) is 3.90. The minimum absolute atomic E-state index is 0.258. The Kier molecular flexibility index (Phi) is 2.80. The molecule has 21 heavy (non-hydrogen) atoms. The lowest BCUT2D eigenvalue weighted by atomic mass is 10.2. The van der Waals surface area contributed by atoms with E-state index in [1.54, 1.807) is 0 Å². The first-order valence-electron chi connectivity index (χ1n) is 7.01. The van der Waals surface area contributed by atoms with Crippen molar-refractivity contribution in [1.82, 2.24) is 14.9 Å². The van der Waals surface area contributed by atoms with Gasteiger partial charge in [-0.25, -0.2) is 4.98 Å². The predicted octanol–water partition coefficient (Wildman–Crippen LogP) is 1.24. The number of hydrogen-bond donors (Lipinski definition) is 2. The number of likely N-dealkylation sites (tertiary alicyclic amines) is 1. The van der Waals surface area contributed by atoms with Crippen LogP contribution in [0.25, 0.3) is 22.1 Å². The van der Waals surface area contributed by atoms with Crippen LogP contribution >= 0.6 is 0 Å². The fraction of sp³-hybridized carbons (Fsp3) is 0.333. The molecule has 2 N–H and O–H groups in total. The Labute approximate surface area is 120 Å². The number of rotatable bonds is 2. The fourth-order valence-electron chi connectivity index (χ4n) is 2.89. The Morgan fingerprint density at radius 3 is 3.10 bits per heavy atom. The summed E-state index contributed by atoms with van der Waals surface area (Å²) in [5.74, 6) is 0.605. The summed E-state index contributed by atoms with van der Waals surface area (Å²) in [7, 11) is 0. The molecule has 0 bridgehead atoms. The molecule has 1 atom stereocenters. The lowest BCUT2D eigenvalue weighted by Crippen LogP contribution is -2.24. The topological polar surface area (TPSA) is 82.4 Å². The number of aliphatic hydroxyl groups excluding tert-OH is 1. The van der Waals surface area contributed by atoms with Gasteiger partial charge in [0.05, 0.1) is 12.6 Å². The van der Waals surface area contributed by atoms with Crippen LogP contribution in [-0.4, -0.2) is 39.2 Å². The highest BCUT2D eigenvalue weighted by molar-refractivity contribution is 6.01. The van der Waals surface area contributed by atoms with Crippen molar-refractivity contribution in [3.05, 3.63) is 40.4 Å². The van der Waals surface area contributed by atoms with E-state index in [-0.39, 0.29) is 17.2 Å². The van der Waals surface area contributed by atoms with Crippen LogP contribution in [0.5, 0.6) is 0 Å². The fourth-order valence-corrected chi connectivity index (χ4v) is 2.89. The molecule has 1 aliphatic rings. The Hall–Kier alpha value is -2.18. The molecule has 6 heteroatoms. The molecule has 1 fully saturated rings. The van der Waals surface area contributed by atoms with Crippen molar-refractivity contribution < 1.29 is 9.52 Å². The third kappa shape index (κ3) is 2.12. The van der Waals surface area contributed by atoms with E-state index in [4.69, 9.17) is 4.42 Å². The molecule has 1 aromatic carbocycles. The van der Waals surface area contributed by atoms with Gasteiger partial charge in [0.1, 0.15) is 16.9 Å². The second kappa shape index (κ2) is 4.68. The predicted molar refractivity (Wildman–Crippen MR) is 78.0 cm³/mol. The molecular weight excluding hydrogens is 270 g/mol. The van der Waals surface area contributed by atoms with E-state index in [0.29, 0.717) is 30.0 Å². The van der Waals surface area contributed by atoms with E-state index in [2.05, 4.69) is 14.9 Å². The van der Waals surface area contributed by atoms with Crippen LogP contribution in [0.4, 0.5) is 0 Å². The molecule has 0 amide bonds. The van der Waals surface area contributed by atoms with Gasteiger partial charge in [-0.3, -0.25) is 9.69 Å². The van der Waals surface area contributed by atoms with Crippen molar-refractivity contribution in [1.29, 1.82) is 0 Å². The number of nitrogens with one attached hydrogen (secondary N) is 1. The van der Waals surface area contributed by atoms with Gasteiger partial charge in [0, 0.05) is 18.5 Å². The monoisotopic (exact) mass is 285 g/mol. The van der Waals surface area contributed by atoms with Gasteiger partial charge in [-0.2, -0.15) is 0 Å². The number of aliphatic hydroxyl groups is 1. The number of fused-ring (bicyclic) bond motifs is 3. The van der Waals surface area contributed by atoms with Crippen LogP contribution in [0.3, 0.4) is 0 Å². The first-order valence-corrected chi connectivity index (χ1v) is 7.01. The lowest BCUT2D eigenvalue weighted by molar-refractivity contribution is 0.174. The normalized spacial score (nSPS) is 19.8. The first-order chi connectivity index (χ1) is 10.2. The minimum atomic E-state index is -0.282. The number of H-pyrrole nitrogens is 1. The summed E-state index contributed by atoms with van der Waals surface area (Å²) in [6.45, 7) is 1.96. The molecule has 0 saturated carbocycles. The number of para-hydroxylation sites is 1. The van der Waals surface area contributed by atoms with Gasteiger partial charge in [-0.05, 0) is 18.6 Å². The number of benzene rings is 1. The summed E-state index contributed by atoms with van der Waals surface area (Å²) in [6.07, 6.45) is 0.483. The summed E-state index contributed by atoms with van der Waals surface area (Å²) in [5, 5.41) is 10.4. The Morgan fingerprint density at radius 2 is 2.29 bits per heavy atom. The number of aromatic amines is 1. The average molecular weight is 285 g/mol. The second-order valence-corrected chi connectivity index (χ2v) is 5.47. The zero-order valence-electron chi connectivity index (χ0n) is 11.4. The average Bonchev–Trinajstić information content (AvgIpc) is 3.03. The van der Waals surface area contributed by atoms with Crippen molar-refractivity contribution >= 4 is 22.1 Å². The van der Waals surface area contributed by atoms with E-state index < -0.39 is 0 Å². The van der Waals surface area contributed by atoms with Crippen LogP contribution in [0, 0.1) is 0 Å². The van der Waals surface area contributed by atoms with Crippen molar-refractivity contribution in [3.63, 3.8) is 0 Å². The maximum Gasteiger partial charge on any atom is 0.294 e. The molecule has 1 aliphatic heterocycles. The summed E-state index contributed by atoms with van der Waals surface area (Å²) < 4.78 is 5.57. The molecule has 0 spiro atoms. The molecule has 0 aliphatic carbocycles. The van der Waals surface area contributed by atoms with E-state index in [0.717, 1.165) is 18.4 Å². The molecule has 3 aromatic rings. The van der Waals surface area contributed by atoms with Crippen LogP contribution in [0.2, 0.25) is 0 Å². The molecular formula is C15H15N3O3. The number of hydrogen-bond acceptors (Lipinski definition) is 5. The van der Waals surface area contributed by atoms with Gasteiger partial charge in [-0.15, -0.1) is 0 Å². The second-order valence-electron chi connectivity index (χ2n) is 5.47. The van der Waals surface area contributed by atoms with Gasteiger partial charge >= 0.3 is 0 Å². The van der Waals surface area contributed by atoms with Gasteiger partial charge in [0.25, 0.3) is 5.56 Å². The third-order valence-electron chi connectivity index (χ3n) is 3.90. The van der Waals surface area contributed by atoms with Crippen LogP contribution in [-0.2, 0) is 6.54 Å². The molecule has 4 rings (SSSR count). The Morgan fingerprint density at radius 1 is 1.43 bits per heavy atom. The first kappa shape index (κ1) is 12.6. The smallest absolute Gasteiger partial charge is 0.294 e. The number of nitrogens with zero attached hydrogens (tertiary/aromatic N) is 2. The highest BCUT2D eigenvalue weighted by Crippen LogP contribution is 2.24. The van der Waals surface area contributed by atoms with E-state index in [9.17, 15) is 9.90 Å². The summed E-state index contributed by atoms with van der Waals surface area (Å²) in [4.78, 5) is 21.5. The number of aromatic nitrogens is 2. The SMILES string of the molecule is O=c1[nH]c(CN2CC[C@@H](O)C2)nc2c1oc1ccccc12. The summed E-state index contributed by atoms with van der Waals surface area (Å²) >= 11 is 0. The maximum atomic E-state index is 12.2. The quantitative estimate of drug-likeness (QED) is 0.740. The summed E-state index contributed by atoms with van der Waals surface area (Å²) in [6, 6.07) is 7.49. The largest absolute Gasteiger partial charge is 0.449 e. The molecule has 3 heterocycles. The van der Waals surface area contributed by atoms with Crippen LogP contribution in [0.15, 0.2) is 33.5 Å². The highest BCUT2D eigenvalue weighted by Gasteiger charge is 2.21. The molecule has 2 aromatic heterocycles. The van der Waals surface area contributed by atoms with Gasteiger partial charge in [0.2, 0.25) is 5.58 Å². The standard InChI is InChI=1S/C15H15N3O3/c19-9-5-6-18(7-9)8-12-16-13-10-3-1-2-4-11(10)21-14(13)15(20)17-12/h1-4,9,19H,5-8H2,(H,16,17,20)/t9-/m1/s1. The minimum Gasteiger partial charge on any atom is -0.449 e. The van der Waals surface area contributed by atoms with Crippen molar-refractivity contribution in [2.24, 2.45) is 0 Å². The Balaban J connectivity index is 1.80. The van der Waals surface area contributed by atoms with Crippen molar-refractivity contribution in [2.75, 3.05) is 13.1 Å². The zero-order valence-corrected chi connectivity index (χ0v) is 11.4. The van der Waals surface area contributed by atoms with Crippen LogP contribution in [0.1, 0.15) is 12.2 Å². The van der Waals surface area contributed by atoms with Crippen molar-refractivity contribution in [2.45, 2.75) is 19.1 Å². The van der Waals surface area contributed by atoms with E-state index in [1.807, 2.05) is 24.3 Å². The molecule has 0 radical (unpaired) electrons. The van der Waals surface area contributed by atoms with E-state index >= 15 is 0 Å². The van der Waals surface area contributed by atoms with Crippen LogP contribution < -0.4 is 5.56 Å². The molecule has 1 saturated heterocycles. The highest BCUT2D eigenvalue weighted by atomic mass is 16.3. The maximum absolute atomic E-state index is 12.2. The van der Waals surface area contributed by atoms with Gasteiger partial charge in [-0.1, -0.05) is 12.1 Å². The van der Waals surface area contributed by atoms with Gasteiger partial charge < -0.3 is 14.5 Å². The van der Waals surface area contributed by atoms with Crippen molar-refractivity contribution in [3.8, 4) is 0 Å². The van der Waals surface area contributed by atoms with E-state index in [1.165, 1.54) is 0 Å². The van der Waals surface area contributed by atoms with Gasteiger partial charge in [0.15, 0.2) is 0 Å². The number of furan rings is 1.